The summed E-state index contributed by atoms with van der Waals surface area (Å²) >= 11 is 0.535. The van der Waals surface area contributed by atoms with E-state index in [1.54, 1.807) is 18.2 Å². The molecule has 0 spiro atoms. The summed E-state index contributed by atoms with van der Waals surface area (Å²) in [5.74, 6) is 0.0257. The summed E-state index contributed by atoms with van der Waals surface area (Å²) < 4.78 is 35.9. The standard InChI is InChI=1S/C16H21BrN2O2.C15H19BrN2O3.4O.Os/c1-12(2)11-18(14-6-4-3-5-7-14)15-9-8-13(17)10-16(15)19(20)21;1-11(19)10-17(13-5-3-2-4-6-13)14-8-7-12(16)9-15(14)18(20)21;;;;;/h8-10,14H,1,3-7,11H2,2H3;7-9,13H,2-6,10H2,1H3;;;;;. The molecule has 2 aromatic rings. The van der Waals surface area contributed by atoms with Gasteiger partial charge in [0.2, 0.25) is 0 Å². The van der Waals surface area contributed by atoms with Gasteiger partial charge < -0.3 is 9.80 Å². The van der Waals surface area contributed by atoms with E-state index in [4.69, 9.17) is 14.2 Å². The summed E-state index contributed by atoms with van der Waals surface area (Å²) in [6.45, 7) is 8.39. The molecule has 0 aromatic heterocycles. The van der Waals surface area contributed by atoms with E-state index in [1.165, 1.54) is 38.7 Å². The molecule has 0 aliphatic heterocycles. The van der Waals surface area contributed by atoms with Crippen molar-refractivity contribution in [3.63, 3.8) is 0 Å². The van der Waals surface area contributed by atoms with Gasteiger partial charge in [-0.05, 0) is 63.8 Å². The average molecular weight is 963 g/mol. The summed E-state index contributed by atoms with van der Waals surface area (Å²) in [6.07, 6.45) is 11.3. The molecule has 4 rings (SSSR count). The molecule has 0 atom stereocenters. The maximum atomic E-state index is 11.6. The van der Waals surface area contributed by atoms with E-state index in [-0.39, 0.29) is 39.6 Å². The number of carbonyl (C=O) groups is 1. The summed E-state index contributed by atoms with van der Waals surface area (Å²) in [7, 11) is 0. The van der Waals surface area contributed by atoms with Gasteiger partial charge in [-0.1, -0.05) is 82.5 Å². The number of hydrogen-bond donors (Lipinski definition) is 0. The van der Waals surface area contributed by atoms with E-state index >= 15 is 0 Å². The molecule has 0 saturated heterocycles. The number of nitro groups is 2. The fourth-order valence-electron chi connectivity index (χ4n) is 5.91. The molecule has 13 nitrogen and oxygen atoms in total. The van der Waals surface area contributed by atoms with E-state index in [1.807, 2.05) is 24.0 Å². The monoisotopic (exact) mass is 962 g/mol. The third-order valence-corrected chi connectivity index (χ3v) is 8.74. The number of hydrogen-bond acceptors (Lipinski definition) is 11. The number of ketones is 1. The predicted molar refractivity (Wildman–Crippen MR) is 178 cm³/mol. The molecular weight excluding hydrogens is 922 g/mol. The Morgan fingerprint density at radius 3 is 1.38 bits per heavy atom. The van der Waals surface area contributed by atoms with Crippen LogP contribution in [0, 0.1) is 20.2 Å². The Labute approximate surface area is 293 Å². The Kier molecular flexibility index (Phi) is 16.4. The summed E-state index contributed by atoms with van der Waals surface area (Å²) in [5.41, 5.74) is 2.49. The van der Waals surface area contributed by atoms with Gasteiger partial charge in [0, 0.05) is 39.7 Å². The number of rotatable bonds is 10. The van der Waals surface area contributed by atoms with Gasteiger partial charge >= 0.3 is 29.0 Å². The predicted octanol–water partition coefficient (Wildman–Crippen LogP) is 8.68. The van der Waals surface area contributed by atoms with Crippen LogP contribution < -0.4 is 9.80 Å². The van der Waals surface area contributed by atoms with Crippen molar-refractivity contribution in [1.82, 2.24) is 0 Å². The zero-order valence-corrected chi connectivity index (χ0v) is 32.1. The molecule has 0 bridgehead atoms. The zero-order valence-electron chi connectivity index (χ0n) is 26.4. The molecular formula is C31H40Br2N4O9Os. The van der Waals surface area contributed by atoms with Crippen LogP contribution in [0.4, 0.5) is 22.7 Å². The number of Topliss-reactive ketones (excluding diaryl/α,β-unsaturated/α-hetero) is 1. The second-order valence-electron chi connectivity index (χ2n) is 11.6. The van der Waals surface area contributed by atoms with Crippen LogP contribution in [0.25, 0.3) is 0 Å². The molecule has 47 heavy (non-hydrogen) atoms. The Bertz CT molecular complexity index is 1540. The van der Waals surface area contributed by atoms with Crippen LogP contribution in [-0.2, 0) is 33.8 Å². The fraction of sp³-hybridized carbons (Fsp3) is 0.516. The SMILES string of the molecule is C=C(C)CN(c1ccc(Br)cc1[N+](=O)[O-])C1CCCCC1.CC(=O)CN(c1ccc(Br)cc1[N+](=O)[O-])C1CCCCC1.[O]=[Os](=[O])(=[O])=[O]. The molecule has 16 heteroatoms. The zero-order chi connectivity index (χ0) is 35.3. The van der Waals surface area contributed by atoms with Crippen molar-refractivity contribution in [1.29, 1.82) is 0 Å². The minimum atomic E-state index is -6.06. The molecule has 0 unspecified atom stereocenters. The normalized spacial score (nSPS) is 15.2. The van der Waals surface area contributed by atoms with E-state index in [0.717, 1.165) is 48.6 Å². The number of nitrogens with zero attached hydrogens (tertiary/aromatic N) is 4. The third-order valence-electron chi connectivity index (χ3n) is 7.75. The van der Waals surface area contributed by atoms with Crippen molar-refractivity contribution in [2.24, 2.45) is 0 Å². The maximum absolute atomic E-state index is 11.6. The molecule has 2 fully saturated rings. The van der Waals surface area contributed by atoms with Gasteiger partial charge in [0.1, 0.15) is 17.2 Å². The first-order chi connectivity index (χ1) is 22.0. The average Bonchev–Trinajstić information content (AvgIpc) is 2.99. The van der Waals surface area contributed by atoms with Crippen molar-refractivity contribution in [2.45, 2.75) is 90.1 Å². The number of carbonyl (C=O) groups excluding carboxylic acids is 1. The van der Waals surface area contributed by atoms with Crippen molar-refractivity contribution >= 4 is 60.4 Å². The Morgan fingerprint density at radius 1 is 0.745 bits per heavy atom. The molecule has 260 valence electrons. The van der Waals surface area contributed by atoms with Crippen molar-refractivity contribution in [2.75, 3.05) is 22.9 Å². The van der Waals surface area contributed by atoms with E-state index < -0.39 is 14.8 Å². The Hall–Kier alpha value is -2.95. The summed E-state index contributed by atoms with van der Waals surface area (Å²) in [4.78, 5) is 37.7. The minimum absolute atomic E-state index is 0.0257. The molecule has 0 amide bonds. The van der Waals surface area contributed by atoms with E-state index in [0.29, 0.717) is 28.4 Å². The second-order valence-corrected chi connectivity index (χ2v) is 16.0. The Balaban J connectivity index is 0.000000286. The van der Waals surface area contributed by atoms with Crippen LogP contribution >= 0.6 is 31.9 Å². The number of benzene rings is 2. The molecule has 0 N–H and O–H groups in total. The quantitative estimate of drug-likeness (QED) is 0.126. The van der Waals surface area contributed by atoms with E-state index in [2.05, 4.69) is 43.3 Å². The van der Waals surface area contributed by atoms with Crippen molar-refractivity contribution in [3.8, 4) is 0 Å². The third kappa shape index (κ3) is 14.4. The van der Waals surface area contributed by atoms with Gasteiger partial charge in [-0.15, -0.1) is 0 Å². The van der Waals surface area contributed by atoms with E-state index in [9.17, 15) is 25.0 Å². The van der Waals surface area contributed by atoms with Crippen LogP contribution in [0.15, 0.2) is 57.5 Å². The number of anilines is 2. The molecule has 2 aromatic carbocycles. The molecule has 0 radical (unpaired) electrons. The van der Waals surface area contributed by atoms with Crippen molar-refractivity contribution < 1.29 is 43.6 Å². The molecule has 0 heterocycles. The first-order valence-electron chi connectivity index (χ1n) is 15.1. The number of nitro benzene ring substituents is 2. The van der Waals surface area contributed by atoms with Crippen LogP contribution in [-0.4, -0.2) is 40.8 Å². The van der Waals surface area contributed by atoms with Gasteiger partial charge in [-0.25, -0.2) is 0 Å². The fourth-order valence-corrected chi connectivity index (χ4v) is 6.61. The van der Waals surface area contributed by atoms with Gasteiger partial charge in [-0.2, -0.15) is 0 Å². The molecule has 2 aliphatic carbocycles. The first-order valence-corrected chi connectivity index (χ1v) is 20.8. The number of halogens is 2. The molecule has 2 aliphatic rings. The van der Waals surface area contributed by atoms with Gasteiger partial charge in [0.15, 0.2) is 0 Å². The van der Waals surface area contributed by atoms with Crippen LogP contribution in [0.1, 0.15) is 78.1 Å². The van der Waals surface area contributed by atoms with Crippen LogP contribution in [0.3, 0.4) is 0 Å². The second kappa shape index (κ2) is 19.1. The van der Waals surface area contributed by atoms with Gasteiger partial charge in [0.05, 0.1) is 16.4 Å². The van der Waals surface area contributed by atoms with Crippen LogP contribution in [0.5, 0.6) is 0 Å². The van der Waals surface area contributed by atoms with Gasteiger partial charge in [0.25, 0.3) is 11.4 Å². The van der Waals surface area contributed by atoms with Gasteiger partial charge in [-0.3, -0.25) is 25.0 Å². The van der Waals surface area contributed by atoms with Crippen molar-refractivity contribution in [3.05, 3.63) is 77.7 Å². The van der Waals surface area contributed by atoms with Crippen LogP contribution in [0.2, 0.25) is 0 Å². The molecule has 2 saturated carbocycles. The summed E-state index contributed by atoms with van der Waals surface area (Å²) in [5, 5.41) is 22.7. The topological polar surface area (TPSA) is 178 Å². The summed E-state index contributed by atoms with van der Waals surface area (Å²) in [6, 6.07) is 10.9. The first kappa shape index (κ1) is 40.2. The Morgan fingerprint density at radius 2 is 1.09 bits per heavy atom.